The Morgan fingerprint density at radius 2 is 1.81 bits per heavy atom. The van der Waals surface area contributed by atoms with Gasteiger partial charge >= 0.3 is 0 Å². The lowest BCUT2D eigenvalue weighted by Crippen LogP contribution is -2.48. The van der Waals surface area contributed by atoms with Gasteiger partial charge in [-0.2, -0.15) is 0 Å². The number of hydrogen-bond donors (Lipinski definition) is 1. The molecule has 1 saturated heterocycles. The van der Waals surface area contributed by atoms with Gasteiger partial charge in [0.1, 0.15) is 23.9 Å². The van der Waals surface area contributed by atoms with Crippen molar-refractivity contribution < 1.29 is 14.3 Å². The maximum atomic E-state index is 13.6. The Balaban J connectivity index is 1.19. The molecular weight excluding hydrogens is 524 g/mol. The number of hydrogen-bond acceptors (Lipinski definition) is 5. The van der Waals surface area contributed by atoms with E-state index >= 15 is 0 Å². The standard InChI is InChI=1S/C35H42N4O3/c1-26-36-31-15-12-29(23-32(31)37-26)34(40)39-19-17-35(18-20-39)16-6-5-8-28-7-3-4-9-33(28)42-22-21-38(25-35)24-27-10-13-30(41-2)14-11-27/h3-4,7,9-15,23H,5-6,8,16-22,24-25H2,1-2H3,(H,36,37). The number of imidazole rings is 1. The van der Waals surface area contributed by atoms with Crippen molar-refractivity contribution in [2.45, 2.75) is 52.0 Å². The molecule has 7 nitrogen and oxygen atoms in total. The number of para-hydroxylation sites is 1. The molecule has 0 radical (unpaired) electrons. The van der Waals surface area contributed by atoms with Crippen LogP contribution in [-0.4, -0.2) is 65.6 Å². The summed E-state index contributed by atoms with van der Waals surface area (Å²) in [5.41, 5.74) is 5.31. The molecule has 2 aliphatic heterocycles. The van der Waals surface area contributed by atoms with Crippen molar-refractivity contribution >= 4 is 16.9 Å². The monoisotopic (exact) mass is 566 g/mol. The predicted molar refractivity (Wildman–Crippen MR) is 166 cm³/mol. The highest BCUT2D eigenvalue weighted by Crippen LogP contribution is 2.39. The Labute approximate surface area is 248 Å². The quantitative estimate of drug-likeness (QED) is 0.309. The number of nitrogens with one attached hydrogen (secondary N) is 1. The number of carbonyl (C=O) groups is 1. The van der Waals surface area contributed by atoms with Gasteiger partial charge in [0, 0.05) is 38.3 Å². The average Bonchev–Trinajstić information content (AvgIpc) is 3.39. The van der Waals surface area contributed by atoms with E-state index in [1.165, 1.54) is 24.0 Å². The van der Waals surface area contributed by atoms with Crippen LogP contribution in [0.15, 0.2) is 66.7 Å². The first-order valence-electron chi connectivity index (χ1n) is 15.3. The van der Waals surface area contributed by atoms with E-state index in [-0.39, 0.29) is 11.3 Å². The molecule has 1 N–H and O–H groups in total. The van der Waals surface area contributed by atoms with Crippen molar-refractivity contribution in [1.82, 2.24) is 19.8 Å². The van der Waals surface area contributed by atoms with Crippen LogP contribution in [-0.2, 0) is 13.0 Å². The molecule has 2 aliphatic rings. The van der Waals surface area contributed by atoms with Crippen molar-refractivity contribution in [2.75, 3.05) is 39.9 Å². The van der Waals surface area contributed by atoms with Crippen molar-refractivity contribution in [3.8, 4) is 11.5 Å². The summed E-state index contributed by atoms with van der Waals surface area (Å²) in [5.74, 6) is 2.88. The fourth-order valence-electron chi connectivity index (χ4n) is 6.75. The lowest BCUT2D eigenvalue weighted by atomic mass is 9.73. The summed E-state index contributed by atoms with van der Waals surface area (Å²) in [6.45, 7) is 6.90. The summed E-state index contributed by atoms with van der Waals surface area (Å²) in [6, 6.07) is 22.7. The summed E-state index contributed by atoms with van der Waals surface area (Å²) < 4.78 is 11.7. The lowest BCUT2D eigenvalue weighted by Gasteiger charge is -2.45. The first kappa shape index (κ1) is 28.3. The van der Waals surface area contributed by atoms with E-state index in [0.29, 0.717) is 6.61 Å². The van der Waals surface area contributed by atoms with Crippen LogP contribution in [0.5, 0.6) is 11.5 Å². The van der Waals surface area contributed by atoms with Crippen LogP contribution in [0.1, 0.15) is 59.4 Å². The van der Waals surface area contributed by atoms with Gasteiger partial charge in [0.25, 0.3) is 5.91 Å². The smallest absolute Gasteiger partial charge is 0.253 e. The second-order valence-corrected chi connectivity index (χ2v) is 12.1. The highest BCUT2D eigenvalue weighted by molar-refractivity contribution is 5.97. The minimum atomic E-state index is 0.118. The van der Waals surface area contributed by atoms with E-state index in [2.05, 4.69) is 56.2 Å². The second kappa shape index (κ2) is 12.6. The number of ether oxygens (including phenoxy) is 2. The van der Waals surface area contributed by atoms with Crippen LogP contribution in [0.3, 0.4) is 0 Å². The molecule has 1 amide bonds. The van der Waals surface area contributed by atoms with Gasteiger partial charge < -0.3 is 19.4 Å². The molecule has 3 heterocycles. The Bertz CT molecular complexity index is 1500. The van der Waals surface area contributed by atoms with Gasteiger partial charge in [-0.3, -0.25) is 9.69 Å². The first-order chi connectivity index (χ1) is 20.5. The van der Waals surface area contributed by atoms with Gasteiger partial charge in [0.2, 0.25) is 0 Å². The van der Waals surface area contributed by atoms with Crippen LogP contribution < -0.4 is 9.47 Å². The zero-order chi connectivity index (χ0) is 28.9. The van der Waals surface area contributed by atoms with Crippen LogP contribution in [0, 0.1) is 12.3 Å². The number of rotatable bonds is 4. The molecule has 1 spiro atoms. The second-order valence-electron chi connectivity index (χ2n) is 12.1. The van der Waals surface area contributed by atoms with Gasteiger partial charge in [-0.15, -0.1) is 0 Å². The molecule has 42 heavy (non-hydrogen) atoms. The molecule has 6 rings (SSSR count). The largest absolute Gasteiger partial charge is 0.497 e. The van der Waals surface area contributed by atoms with E-state index in [0.717, 1.165) is 92.3 Å². The Hall–Kier alpha value is -3.84. The minimum Gasteiger partial charge on any atom is -0.497 e. The van der Waals surface area contributed by atoms with Crippen molar-refractivity contribution in [1.29, 1.82) is 0 Å². The van der Waals surface area contributed by atoms with Gasteiger partial charge in [-0.25, -0.2) is 4.98 Å². The summed E-state index contributed by atoms with van der Waals surface area (Å²) in [5, 5.41) is 0. The third-order valence-electron chi connectivity index (χ3n) is 9.12. The molecule has 0 atom stereocenters. The predicted octanol–water partition coefficient (Wildman–Crippen LogP) is 6.41. The molecule has 3 aromatic carbocycles. The molecule has 0 aliphatic carbocycles. The number of aryl methyl sites for hydroxylation is 2. The number of aromatic nitrogens is 2. The lowest BCUT2D eigenvalue weighted by molar-refractivity contribution is 0.0361. The minimum absolute atomic E-state index is 0.118. The Morgan fingerprint density at radius 1 is 1.00 bits per heavy atom. The third-order valence-corrected chi connectivity index (χ3v) is 9.12. The van der Waals surface area contributed by atoms with Crippen molar-refractivity contribution in [3.63, 3.8) is 0 Å². The Morgan fingerprint density at radius 3 is 2.62 bits per heavy atom. The summed E-state index contributed by atoms with van der Waals surface area (Å²) >= 11 is 0. The fourth-order valence-corrected chi connectivity index (χ4v) is 6.75. The van der Waals surface area contributed by atoms with Gasteiger partial charge in [0.15, 0.2) is 0 Å². The number of methoxy groups -OCH3 is 1. The molecule has 7 heteroatoms. The maximum absolute atomic E-state index is 13.6. The number of amides is 1. The molecule has 0 unspecified atom stereocenters. The number of nitrogens with zero attached hydrogens (tertiary/aromatic N) is 3. The number of H-pyrrole nitrogens is 1. The van der Waals surface area contributed by atoms with Crippen LogP contribution in [0.4, 0.5) is 0 Å². The number of aromatic amines is 1. The van der Waals surface area contributed by atoms with E-state index < -0.39 is 0 Å². The van der Waals surface area contributed by atoms with E-state index in [9.17, 15) is 4.79 Å². The maximum Gasteiger partial charge on any atom is 0.253 e. The normalized spacial score (nSPS) is 18.1. The zero-order valence-electron chi connectivity index (χ0n) is 24.9. The number of benzene rings is 3. The number of likely N-dealkylation sites (tertiary alicyclic amines) is 1. The highest BCUT2D eigenvalue weighted by atomic mass is 16.5. The molecule has 0 saturated carbocycles. The first-order valence-corrected chi connectivity index (χ1v) is 15.3. The topological polar surface area (TPSA) is 70.7 Å². The summed E-state index contributed by atoms with van der Waals surface area (Å²) in [6.07, 6.45) is 6.57. The van der Waals surface area contributed by atoms with Gasteiger partial charge in [-0.1, -0.05) is 36.8 Å². The third kappa shape index (κ3) is 6.46. The number of fused-ring (bicyclic) bond motifs is 2. The molecule has 0 bridgehead atoms. The molecule has 1 aromatic heterocycles. The molecule has 220 valence electrons. The van der Waals surface area contributed by atoms with Gasteiger partial charge in [0.05, 0.1) is 18.1 Å². The molecule has 1 fully saturated rings. The highest BCUT2D eigenvalue weighted by Gasteiger charge is 2.37. The summed E-state index contributed by atoms with van der Waals surface area (Å²) in [4.78, 5) is 25.9. The van der Waals surface area contributed by atoms with Crippen molar-refractivity contribution in [3.05, 3.63) is 89.2 Å². The number of piperidine rings is 1. The van der Waals surface area contributed by atoms with Gasteiger partial charge in [-0.05, 0) is 92.0 Å². The summed E-state index contributed by atoms with van der Waals surface area (Å²) in [7, 11) is 1.71. The van der Waals surface area contributed by atoms with E-state index in [1.54, 1.807) is 7.11 Å². The molecular formula is C35H42N4O3. The van der Waals surface area contributed by atoms with Crippen molar-refractivity contribution in [2.24, 2.45) is 5.41 Å². The number of carbonyl (C=O) groups excluding carboxylic acids is 1. The SMILES string of the molecule is COc1ccc(CN2CCOc3ccccc3CCCCC3(CCN(C(=O)c4ccc5nc(C)[nH]c5c4)CC3)C2)cc1. The fraction of sp³-hybridized carbons (Fsp3) is 0.429. The van der Waals surface area contributed by atoms with Crippen LogP contribution >= 0.6 is 0 Å². The van der Waals surface area contributed by atoms with Crippen LogP contribution in [0.25, 0.3) is 11.0 Å². The van der Waals surface area contributed by atoms with E-state index in [4.69, 9.17) is 9.47 Å². The zero-order valence-corrected chi connectivity index (χ0v) is 24.9. The molecule has 4 aromatic rings. The van der Waals surface area contributed by atoms with E-state index in [1.807, 2.05) is 37.3 Å². The Kier molecular flexibility index (Phi) is 8.47. The average molecular weight is 567 g/mol. The van der Waals surface area contributed by atoms with Crippen LogP contribution in [0.2, 0.25) is 0 Å².